The molecule has 0 bridgehead atoms. The van der Waals surface area contributed by atoms with Gasteiger partial charge in [-0.3, -0.25) is 0 Å². The summed E-state index contributed by atoms with van der Waals surface area (Å²) in [5.74, 6) is -17.1. The largest absolute Gasteiger partial charge is 0.460 e. The predicted molar refractivity (Wildman–Crippen MR) is 72.3 cm³/mol. The Bertz CT molecular complexity index is 414. The van der Waals surface area contributed by atoms with Crippen molar-refractivity contribution < 1.29 is 48.3 Å². The fourth-order valence-electron chi connectivity index (χ4n) is 2.03. The minimum atomic E-state index is -7.19. The first kappa shape index (κ1) is 24.0. The molecule has 0 radical (unpaired) electrons. The zero-order valence-corrected chi connectivity index (χ0v) is 14.5. The molecule has 0 aliphatic carbocycles. The van der Waals surface area contributed by atoms with E-state index in [1.165, 1.54) is 0 Å². The quantitative estimate of drug-likeness (QED) is 0.210. The molecule has 0 saturated heterocycles. The molecule has 3 atom stereocenters. The smallest absolute Gasteiger partial charge is 0.226 e. The van der Waals surface area contributed by atoms with Gasteiger partial charge in [-0.2, -0.15) is 43.9 Å². The van der Waals surface area contributed by atoms with E-state index < -0.39 is 39.7 Å². The Morgan fingerprint density at radius 3 is 1.46 bits per heavy atom. The van der Waals surface area contributed by atoms with E-state index in [0.29, 0.717) is 6.42 Å². The summed E-state index contributed by atoms with van der Waals surface area (Å²) in [6.07, 6.45) is -13.4. The molecule has 0 aromatic carbocycles. The van der Waals surface area contributed by atoms with Crippen LogP contribution in [-0.4, -0.2) is 33.8 Å². The maximum atomic E-state index is 14.3. The van der Waals surface area contributed by atoms with Crippen molar-refractivity contribution in [2.24, 2.45) is 5.92 Å². The van der Waals surface area contributed by atoms with Gasteiger partial charge < -0.3 is 0 Å². The minimum absolute atomic E-state index is 0.160. The van der Waals surface area contributed by atoms with E-state index in [9.17, 15) is 48.3 Å². The van der Waals surface area contributed by atoms with Crippen LogP contribution in [0.5, 0.6) is 0 Å². The molecule has 0 amide bonds. The highest BCUT2D eigenvalue weighted by atomic mass is 127. The predicted octanol–water partition coefficient (Wildman–Crippen LogP) is 6.72. The van der Waals surface area contributed by atoms with Crippen LogP contribution in [0.1, 0.15) is 33.1 Å². The molecule has 3 unspecified atom stereocenters. The summed E-state index contributed by atoms with van der Waals surface area (Å²) in [6.45, 7) is 1.83. The average Bonchev–Trinajstić information content (AvgIpc) is 2.39. The second-order valence-corrected chi connectivity index (χ2v) is 6.90. The van der Waals surface area contributed by atoms with Crippen LogP contribution in [0.4, 0.5) is 48.3 Å². The van der Waals surface area contributed by atoms with Crippen LogP contribution in [0.2, 0.25) is 0 Å². The Morgan fingerprint density at radius 1 is 0.750 bits per heavy atom. The summed E-state index contributed by atoms with van der Waals surface area (Å²) in [7, 11) is 0. The molecular weight excluding hydrogens is 480 g/mol. The van der Waals surface area contributed by atoms with E-state index in [-0.39, 0.29) is 19.8 Å². The number of halogens is 12. The van der Waals surface area contributed by atoms with Gasteiger partial charge >= 0.3 is 24.2 Å². The zero-order chi connectivity index (χ0) is 19.8. The summed E-state index contributed by atoms with van der Waals surface area (Å²) < 4.78 is 141. The second-order valence-electron chi connectivity index (χ2n) is 5.30. The van der Waals surface area contributed by atoms with Crippen LogP contribution in [0.15, 0.2) is 0 Å². The summed E-state index contributed by atoms with van der Waals surface area (Å²) >= 11 is 1.15. The normalized spacial score (nSPS) is 19.8. The van der Waals surface area contributed by atoms with Crippen molar-refractivity contribution in [1.29, 1.82) is 0 Å². The molecule has 12 heteroatoms. The van der Waals surface area contributed by atoms with Crippen molar-refractivity contribution in [3.05, 3.63) is 0 Å². The van der Waals surface area contributed by atoms with E-state index >= 15 is 0 Å². The van der Waals surface area contributed by atoms with Crippen LogP contribution in [0, 0.1) is 5.92 Å². The van der Waals surface area contributed by atoms with Gasteiger partial charge in [-0.05, 0) is 6.42 Å². The highest BCUT2D eigenvalue weighted by Gasteiger charge is 2.87. The van der Waals surface area contributed by atoms with Crippen LogP contribution in [0.3, 0.4) is 0 Å². The van der Waals surface area contributed by atoms with Crippen LogP contribution in [0.25, 0.3) is 0 Å². The molecule has 24 heavy (non-hydrogen) atoms. The topological polar surface area (TPSA) is 0 Å². The Hall–Kier alpha value is -0.0400. The molecule has 0 fully saturated rings. The van der Waals surface area contributed by atoms with Gasteiger partial charge in [-0.1, -0.05) is 49.3 Å². The first-order valence-electron chi connectivity index (χ1n) is 6.61. The lowest BCUT2D eigenvalue weighted by molar-refractivity contribution is -0.418. The van der Waals surface area contributed by atoms with Crippen molar-refractivity contribution in [2.75, 3.05) is 0 Å². The summed E-state index contributed by atoms with van der Waals surface area (Å²) in [4.78, 5) is 0. The van der Waals surface area contributed by atoms with Crippen molar-refractivity contribution in [3.8, 4) is 0 Å². The van der Waals surface area contributed by atoms with Gasteiger partial charge in [0, 0.05) is 9.84 Å². The lowest BCUT2D eigenvalue weighted by atomic mass is 9.78. The third kappa shape index (κ3) is 3.87. The maximum Gasteiger partial charge on any atom is 0.460 e. The van der Waals surface area contributed by atoms with E-state index in [1.807, 2.05) is 0 Å². The third-order valence-electron chi connectivity index (χ3n) is 3.62. The molecule has 0 saturated carbocycles. The molecule has 0 nitrogen and oxygen atoms in total. The van der Waals surface area contributed by atoms with Crippen LogP contribution in [-0.2, 0) is 0 Å². The Kier molecular flexibility index (Phi) is 7.28. The van der Waals surface area contributed by atoms with Gasteiger partial charge in [0.25, 0.3) is 5.67 Å². The van der Waals surface area contributed by atoms with Crippen LogP contribution < -0.4 is 0 Å². The molecule has 0 aliphatic rings. The van der Waals surface area contributed by atoms with E-state index in [4.69, 9.17) is 0 Å². The molecule has 0 rings (SSSR count). The lowest BCUT2D eigenvalue weighted by Crippen LogP contribution is -2.70. The fourth-order valence-corrected chi connectivity index (χ4v) is 2.96. The second kappa shape index (κ2) is 7.29. The first-order valence-corrected chi connectivity index (χ1v) is 7.86. The third-order valence-corrected chi connectivity index (χ3v) is 5.32. The molecule has 0 heterocycles. The number of hydrogen-bond donors (Lipinski definition) is 0. The lowest BCUT2D eigenvalue weighted by Gasteiger charge is -2.43. The fraction of sp³-hybridized carbons (Fsp3) is 1.00. The molecule has 0 aromatic rings. The van der Waals surface area contributed by atoms with Crippen molar-refractivity contribution >= 4 is 22.6 Å². The van der Waals surface area contributed by atoms with Gasteiger partial charge in [0.1, 0.15) is 0 Å². The maximum absolute atomic E-state index is 14.3. The van der Waals surface area contributed by atoms with Crippen molar-refractivity contribution in [2.45, 2.75) is 66.9 Å². The van der Waals surface area contributed by atoms with E-state index in [0.717, 1.165) is 22.6 Å². The van der Waals surface area contributed by atoms with Gasteiger partial charge in [-0.15, -0.1) is 0 Å². The molecule has 0 spiro atoms. The number of hydrogen-bond acceptors (Lipinski definition) is 0. The van der Waals surface area contributed by atoms with Crippen molar-refractivity contribution in [1.82, 2.24) is 0 Å². The molecule has 0 N–H and O–H groups in total. The SMILES string of the molecule is CCCCC(I)C(C)C(F)(C(F)(F)F)C(F)(F)C(F)(F)C(F)(F)F. The van der Waals surface area contributed by atoms with Crippen LogP contribution >= 0.6 is 22.6 Å². The van der Waals surface area contributed by atoms with Gasteiger partial charge in [0.2, 0.25) is 0 Å². The summed E-state index contributed by atoms with van der Waals surface area (Å²) in [5.41, 5.74) is -6.06. The molecular formula is C12H14F11I. The summed E-state index contributed by atoms with van der Waals surface area (Å²) in [5, 5.41) is 0. The monoisotopic (exact) mass is 494 g/mol. The standard InChI is InChI=1S/C12H14F11I/c1-3-4-5-7(24)6(2)8(13,11(18,19)20)9(14,15)10(16,17)12(21,22)23/h6-7H,3-5H2,1-2H3. The minimum Gasteiger partial charge on any atom is -0.226 e. The zero-order valence-electron chi connectivity index (χ0n) is 12.3. The van der Waals surface area contributed by atoms with E-state index in [2.05, 4.69) is 0 Å². The number of alkyl halides is 12. The highest BCUT2D eigenvalue weighted by Crippen LogP contribution is 2.60. The van der Waals surface area contributed by atoms with Crippen molar-refractivity contribution in [3.63, 3.8) is 0 Å². The number of unbranched alkanes of at least 4 members (excludes halogenated alkanes) is 1. The first-order chi connectivity index (χ1) is 10.4. The van der Waals surface area contributed by atoms with Gasteiger partial charge in [-0.25, -0.2) is 4.39 Å². The highest BCUT2D eigenvalue weighted by molar-refractivity contribution is 14.1. The number of rotatable bonds is 7. The Balaban J connectivity index is 6.20. The molecule has 0 aliphatic heterocycles. The van der Waals surface area contributed by atoms with E-state index in [1.54, 1.807) is 6.92 Å². The molecule has 146 valence electrons. The van der Waals surface area contributed by atoms with Gasteiger partial charge in [0.05, 0.1) is 0 Å². The average molecular weight is 494 g/mol. The van der Waals surface area contributed by atoms with Gasteiger partial charge in [0.15, 0.2) is 0 Å². The molecule has 0 aromatic heterocycles. The Morgan fingerprint density at radius 2 is 1.17 bits per heavy atom. The Labute approximate surface area is 144 Å². The summed E-state index contributed by atoms with van der Waals surface area (Å²) in [6, 6.07) is 0.